The highest BCUT2D eigenvalue weighted by molar-refractivity contribution is 5.89. The van der Waals surface area contributed by atoms with Crippen LogP contribution in [-0.4, -0.2) is 55.2 Å². The number of aliphatic carboxylic acids is 1. The maximum absolute atomic E-state index is 12.1. The van der Waals surface area contributed by atoms with Crippen LogP contribution in [0.15, 0.2) is 0 Å². The van der Waals surface area contributed by atoms with Gasteiger partial charge in [0.05, 0.1) is 19.8 Å². The molecule has 7 heteroatoms. The minimum Gasteiger partial charge on any atom is -0.480 e. The average molecular weight is 345 g/mol. The van der Waals surface area contributed by atoms with E-state index in [0.29, 0.717) is 26.4 Å². The fourth-order valence-corrected chi connectivity index (χ4v) is 2.01. The molecule has 0 saturated heterocycles. The quantitative estimate of drug-likeness (QED) is 0.464. The summed E-state index contributed by atoms with van der Waals surface area (Å²) in [6, 6.07) is -0.972. The molecule has 0 fully saturated rings. The molecule has 24 heavy (non-hydrogen) atoms. The highest BCUT2D eigenvalue weighted by Gasteiger charge is 2.27. The number of ketones is 1. The van der Waals surface area contributed by atoms with Gasteiger partial charge in [0, 0.05) is 25.4 Å². The van der Waals surface area contributed by atoms with Gasteiger partial charge in [0.1, 0.15) is 11.8 Å². The third-order valence-electron chi connectivity index (χ3n) is 3.56. The van der Waals surface area contributed by atoms with Crippen LogP contribution in [0, 0.1) is 11.8 Å². The largest absolute Gasteiger partial charge is 0.480 e. The van der Waals surface area contributed by atoms with Crippen molar-refractivity contribution in [2.75, 3.05) is 26.4 Å². The number of carboxylic acids is 1. The first-order valence-corrected chi connectivity index (χ1v) is 8.49. The first-order chi connectivity index (χ1) is 11.3. The molecule has 0 aliphatic rings. The van der Waals surface area contributed by atoms with Crippen LogP contribution in [-0.2, 0) is 23.9 Å². The second kappa shape index (κ2) is 12.9. The Morgan fingerprint density at radius 2 is 1.58 bits per heavy atom. The highest BCUT2D eigenvalue weighted by Crippen LogP contribution is 2.17. The number of carboxylic acid groups (broad SMARTS) is 1. The van der Waals surface area contributed by atoms with Gasteiger partial charge in [-0.05, 0) is 19.3 Å². The molecule has 0 heterocycles. The lowest BCUT2D eigenvalue weighted by atomic mass is 9.89. The van der Waals surface area contributed by atoms with Crippen LogP contribution in [0.3, 0.4) is 0 Å². The molecular weight excluding hydrogens is 314 g/mol. The van der Waals surface area contributed by atoms with Gasteiger partial charge in [-0.25, -0.2) is 0 Å². The smallest absolute Gasteiger partial charge is 0.325 e. The Morgan fingerprint density at radius 3 is 2.08 bits per heavy atom. The van der Waals surface area contributed by atoms with Gasteiger partial charge in [0.2, 0.25) is 5.91 Å². The number of amides is 1. The molecular formula is C17H31NO6. The summed E-state index contributed by atoms with van der Waals surface area (Å²) in [7, 11) is 0. The Morgan fingerprint density at radius 1 is 1.00 bits per heavy atom. The summed E-state index contributed by atoms with van der Waals surface area (Å²) in [5, 5.41) is 11.3. The normalized spacial score (nSPS) is 13.5. The van der Waals surface area contributed by atoms with Crippen molar-refractivity contribution in [2.45, 2.75) is 53.0 Å². The third-order valence-corrected chi connectivity index (χ3v) is 3.56. The van der Waals surface area contributed by atoms with Gasteiger partial charge in [-0.15, -0.1) is 0 Å². The summed E-state index contributed by atoms with van der Waals surface area (Å²) in [5.74, 6) is -2.16. The first-order valence-electron chi connectivity index (χ1n) is 8.49. The lowest BCUT2D eigenvalue weighted by molar-refractivity contribution is -0.142. The third kappa shape index (κ3) is 10.3. The van der Waals surface area contributed by atoms with E-state index < -0.39 is 23.8 Å². The van der Waals surface area contributed by atoms with Crippen molar-refractivity contribution in [1.82, 2.24) is 5.32 Å². The summed E-state index contributed by atoms with van der Waals surface area (Å²) in [6.07, 6.45) is 1.28. The van der Waals surface area contributed by atoms with Crippen LogP contribution in [0.1, 0.15) is 47.0 Å². The van der Waals surface area contributed by atoms with Crippen LogP contribution in [0.25, 0.3) is 0 Å². The molecule has 7 nitrogen and oxygen atoms in total. The van der Waals surface area contributed by atoms with Crippen molar-refractivity contribution in [3.8, 4) is 0 Å². The van der Waals surface area contributed by atoms with Gasteiger partial charge in [-0.3, -0.25) is 14.4 Å². The van der Waals surface area contributed by atoms with E-state index in [0.717, 1.165) is 6.42 Å². The minimum atomic E-state index is -1.10. The Labute approximate surface area is 144 Å². The van der Waals surface area contributed by atoms with Gasteiger partial charge in [0.25, 0.3) is 0 Å². The maximum Gasteiger partial charge on any atom is 0.325 e. The molecule has 0 aromatic rings. The molecule has 0 radical (unpaired) electrons. The molecule has 0 unspecified atom stereocenters. The van der Waals surface area contributed by atoms with Crippen LogP contribution < -0.4 is 5.32 Å². The number of hydrogen-bond donors (Lipinski definition) is 2. The number of rotatable bonds is 14. The highest BCUT2D eigenvalue weighted by atomic mass is 16.5. The topological polar surface area (TPSA) is 102 Å². The molecule has 0 aliphatic carbocycles. The molecule has 2 atom stereocenters. The van der Waals surface area contributed by atoms with Gasteiger partial charge in [0.15, 0.2) is 0 Å². The second-order valence-corrected chi connectivity index (χ2v) is 6.14. The SMILES string of the molecule is CCCOCCOCCC(=O)C[C@H](C(=O)N[C@@H](C)C(=O)O)C(C)C. The van der Waals surface area contributed by atoms with Crippen molar-refractivity contribution in [2.24, 2.45) is 11.8 Å². The predicted molar refractivity (Wildman–Crippen MR) is 89.7 cm³/mol. The number of nitrogens with one attached hydrogen (secondary N) is 1. The van der Waals surface area contributed by atoms with Crippen molar-refractivity contribution < 1.29 is 29.0 Å². The first kappa shape index (κ1) is 22.5. The molecule has 0 spiro atoms. The van der Waals surface area contributed by atoms with E-state index >= 15 is 0 Å². The monoisotopic (exact) mass is 345 g/mol. The zero-order chi connectivity index (χ0) is 18.5. The van der Waals surface area contributed by atoms with Crippen LogP contribution in [0.4, 0.5) is 0 Å². The molecule has 0 rings (SSSR count). The van der Waals surface area contributed by atoms with E-state index in [1.165, 1.54) is 6.92 Å². The summed E-state index contributed by atoms with van der Waals surface area (Å²) in [5.41, 5.74) is 0. The Kier molecular flexibility index (Phi) is 12.1. The molecule has 140 valence electrons. The molecule has 1 amide bonds. The molecule has 0 aromatic carbocycles. The molecule has 0 aromatic heterocycles. The van der Waals surface area contributed by atoms with E-state index in [9.17, 15) is 14.4 Å². The zero-order valence-electron chi connectivity index (χ0n) is 15.2. The fourth-order valence-electron chi connectivity index (χ4n) is 2.01. The summed E-state index contributed by atoms with van der Waals surface area (Å²) < 4.78 is 10.6. The maximum atomic E-state index is 12.1. The van der Waals surface area contributed by atoms with Crippen molar-refractivity contribution in [3.63, 3.8) is 0 Å². The lowest BCUT2D eigenvalue weighted by Crippen LogP contribution is -2.43. The zero-order valence-corrected chi connectivity index (χ0v) is 15.2. The van der Waals surface area contributed by atoms with Gasteiger partial charge in [-0.1, -0.05) is 20.8 Å². The van der Waals surface area contributed by atoms with E-state index in [-0.39, 0.29) is 24.5 Å². The Hall–Kier alpha value is -1.47. The molecule has 0 aliphatic heterocycles. The summed E-state index contributed by atoms with van der Waals surface area (Å²) in [6.45, 7) is 9.04. The van der Waals surface area contributed by atoms with E-state index in [2.05, 4.69) is 5.32 Å². The minimum absolute atomic E-state index is 0.0571. The Balaban J connectivity index is 4.15. The fraction of sp³-hybridized carbons (Fsp3) is 0.824. The van der Waals surface area contributed by atoms with E-state index in [4.69, 9.17) is 14.6 Å². The van der Waals surface area contributed by atoms with Crippen LogP contribution in [0.2, 0.25) is 0 Å². The number of Topliss-reactive ketones (excluding diaryl/α,β-unsaturated/α-hetero) is 1. The summed E-state index contributed by atoms with van der Waals surface area (Å²) >= 11 is 0. The van der Waals surface area contributed by atoms with E-state index in [1.54, 1.807) is 0 Å². The molecule has 2 N–H and O–H groups in total. The molecule has 0 bridgehead atoms. The second-order valence-electron chi connectivity index (χ2n) is 6.14. The number of ether oxygens (including phenoxy) is 2. The van der Waals surface area contributed by atoms with Crippen molar-refractivity contribution in [1.29, 1.82) is 0 Å². The number of carbonyl (C=O) groups excluding carboxylic acids is 2. The number of hydrogen-bond acceptors (Lipinski definition) is 5. The molecule has 0 saturated carbocycles. The average Bonchev–Trinajstić information content (AvgIpc) is 2.51. The van der Waals surface area contributed by atoms with Gasteiger partial charge < -0.3 is 19.9 Å². The number of carbonyl (C=O) groups is 3. The summed E-state index contributed by atoms with van der Waals surface area (Å²) in [4.78, 5) is 35.0. The van der Waals surface area contributed by atoms with Crippen molar-refractivity contribution in [3.05, 3.63) is 0 Å². The lowest BCUT2D eigenvalue weighted by Gasteiger charge is -2.21. The van der Waals surface area contributed by atoms with Crippen LogP contribution >= 0.6 is 0 Å². The standard InChI is InChI=1S/C17H31NO6/c1-5-7-23-9-10-24-8-6-14(19)11-15(12(2)3)16(20)18-13(4)17(21)22/h12-13,15H,5-11H2,1-4H3,(H,18,20)(H,21,22)/t13-,15-/m0/s1. The van der Waals surface area contributed by atoms with Crippen LogP contribution in [0.5, 0.6) is 0 Å². The Bertz CT molecular complexity index is 397. The van der Waals surface area contributed by atoms with Gasteiger partial charge >= 0.3 is 5.97 Å². The van der Waals surface area contributed by atoms with Crippen molar-refractivity contribution >= 4 is 17.7 Å². The predicted octanol–water partition coefficient (Wildman–Crippen LogP) is 1.64. The van der Waals surface area contributed by atoms with E-state index in [1.807, 2.05) is 20.8 Å². The van der Waals surface area contributed by atoms with Gasteiger partial charge in [-0.2, -0.15) is 0 Å².